The summed E-state index contributed by atoms with van der Waals surface area (Å²) in [6, 6.07) is 11.3. The van der Waals surface area contributed by atoms with E-state index in [1.807, 2.05) is 39.1 Å². The number of hydrogen-bond acceptors (Lipinski definition) is 3. The van der Waals surface area contributed by atoms with Gasteiger partial charge in [-0.15, -0.1) is 0 Å². The van der Waals surface area contributed by atoms with Crippen LogP contribution in [0.15, 0.2) is 54.9 Å². The molecule has 2 unspecified atom stereocenters. The van der Waals surface area contributed by atoms with Gasteiger partial charge in [0.25, 0.3) is 0 Å². The largest absolute Gasteiger partial charge is 0.342 e. The molecule has 1 N–H and O–H groups in total. The maximum Gasteiger partial charge on any atom is 0.227 e. The summed E-state index contributed by atoms with van der Waals surface area (Å²) in [5, 5.41) is 3.00. The van der Waals surface area contributed by atoms with Crippen LogP contribution in [0.4, 0.5) is 10.1 Å². The highest BCUT2D eigenvalue weighted by molar-refractivity contribution is 6.01. The quantitative estimate of drug-likeness (QED) is 0.688. The smallest absolute Gasteiger partial charge is 0.227 e. The average molecular weight is 420 g/mol. The normalized spacial score (nSPS) is 17.1. The average Bonchev–Trinajstić information content (AvgIpc) is 3.34. The van der Waals surface area contributed by atoms with Crippen LogP contribution in [0.25, 0.3) is 0 Å². The molecule has 2 atom stereocenters. The van der Waals surface area contributed by atoms with Crippen molar-refractivity contribution in [3.8, 4) is 0 Å². The molecule has 1 aromatic heterocycles. The first-order valence-corrected chi connectivity index (χ1v) is 10.2. The lowest BCUT2D eigenvalue weighted by Gasteiger charge is -2.22. The van der Waals surface area contributed by atoms with E-state index in [0.29, 0.717) is 17.9 Å². The van der Waals surface area contributed by atoms with E-state index in [1.54, 1.807) is 34.0 Å². The minimum atomic E-state index is -0.618. The number of carbonyl (C=O) groups is 2. The molecule has 160 valence electrons. The molecule has 7 heteroatoms. The van der Waals surface area contributed by atoms with Crippen LogP contribution in [0.2, 0.25) is 0 Å². The zero-order chi connectivity index (χ0) is 22.1. The third-order valence-electron chi connectivity index (χ3n) is 5.95. The van der Waals surface area contributed by atoms with Crippen LogP contribution < -0.4 is 10.2 Å². The first-order chi connectivity index (χ1) is 14.8. The standard InChI is InChI=1S/C24H25FN4O2/c1-15-6-4-9-20(16(15)2)29-14-18(13-21(29)30)24(31)27-22(23-26-10-11-28(23)3)17-7-5-8-19(25)12-17/h4-12,18,22H,13-14H2,1-3H3,(H,27,31). The van der Waals surface area contributed by atoms with E-state index in [1.165, 1.54) is 12.1 Å². The predicted molar refractivity (Wildman–Crippen MR) is 116 cm³/mol. The Morgan fingerprint density at radius 3 is 2.71 bits per heavy atom. The molecule has 31 heavy (non-hydrogen) atoms. The SMILES string of the molecule is Cc1cccc(N2CC(C(=O)NC(c3cccc(F)c3)c3nccn3C)CC2=O)c1C. The van der Waals surface area contributed by atoms with Gasteiger partial charge in [-0.1, -0.05) is 24.3 Å². The fraction of sp³-hybridized carbons (Fsp3) is 0.292. The number of hydrogen-bond donors (Lipinski definition) is 1. The van der Waals surface area contributed by atoms with Gasteiger partial charge in [0, 0.05) is 38.1 Å². The second-order valence-corrected chi connectivity index (χ2v) is 8.02. The Morgan fingerprint density at radius 1 is 1.23 bits per heavy atom. The van der Waals surface area contributed by atoms with Crippen LogP contribution in [0.5, 0.6) is 0 Å². The number of anilines is 1. The minimum absolute atomic E-state index is 0.0758. The van der Waals surface area contributed by atoms with Crippen LogP contribution in [0.1, 0.15) is 35.0 Å². The molecule has 1 aliphatic rings. The molecular formula is C24H25FN4O2. The number of aromatic nitrogens is 2. The van der Waals surface area contributed by atoms with Crippen molar-refractivity contribution in [3.05, 3.63) is 83.2 Å². The second kappa shape index (κ2) is 8.34. The number of benzene rings is 2. The maximum absolute atomic E-state index is 13.9. The predicted octanol–water partition coefficient (Wildman–Crippen LogP) is 3.43. The van der Waals surface area contributed by atoms with Crippen molar-refractivity contribution < 1.29 is 14.0 Å². The summed E-state index contributed by atoms with van der Waals surface area (Å²) in [5.41, 5.74) is 3.56. The fourth-order valence-electron chi connectivity index (χ4n) is 4.04. The summed E-state index contributed by atoms with van der Waals surface area (Å²) in [5.74, 6) is -0.618. The number of halogens is 1. The summed E-state index contributed by atoms with van der Waals surface area (Å²) in [6.07, 6.45) is 3.54. The summed E-state index contributed by atoms with van der Waals surface area (Å²) < 4.78 is 15.7. The van der Waals surface area contributed by atoms with E-state index in [9.17, 15) is 14.0 Å². The molecule has 4 rings (SSSR count). The highest BCUT2D eigenvalue weighted by Crippen LogP contribution is 2.30. The van der Waals surface area contributed by atoms with Gasteiger partial charge < -0.3 is 14.8 Å². The molecule has 6 nitrogen and oxygen atoms in total. The zero-order valence-corrected chi connectivity index (χ0v) is 17.8. The Balaban J connectivity index is 1.57. The number of rotatable bonds is 5. The lowest BCUT2D eigenvalue weighted by Crippen LogP contribution is -2.37. The van der Waals surface area contributed by atoms with Gasteiger partial charge in [-0.25, -0.2) is 9.37 Å². The number of carbonyl (C=O) groups excluding carboxylic acids is 2. The highest BCUT2D eigenvalue weighted by Gasteiger charge is 2.37. The molecule has 2 heterocycles. The zero-order valence-electron chi connectivity index (χ0n) is 17.8. The first kappa shape index (κ1) is 20.8. The van der Waals surface area contributed by atoms with Crippen molar-refractivity contribution in [3.63, 3.8) is 0 Å². The summed E-state index contributed by atoms with van der Waals surface area (Å²) >= 11 is 0. The number of amides is 2. The van der Waals surface area contributed by atoms with Crippen molar-refractivity contribution in [2.75, 3.05) is 11.4 Å². The van der Waals surface area contributed by atoms with Crippen LogP contribution in [0, 0.1) is 25.6 Å². The van der Waals surface area contributed by atoms with Gasteiger partial charge >= 0.3 is 0 Å². The molecule has 2 amide bonds. The molecule has 0 aliphatic carbocycles. The Bertz CT molecular complexity index is 1140. The highest BCUT2D eigenvalue weighted by atomic mass is 19.1. The third kappa shape index (κ3) is 4.08. The topological polar surface area (TPSA) is 67.2 Å². The van der Waals surface area contributed by atoms with Crippen molar-refractivity contribution >= 4 is 17.5 Å². The van der Waals surface area contributed by atoms with Gasteiger partial charge in [0.15, 0.2) is 0 Å². The Kier molecular flexibility index (Phi) is 5.59. The van der Waals surface area contributed by atoms with E-state index in [-0.39, 0.29) is 24.1 Å². The Labute approximate surface area is 180 Å². The monoisotopic (exact) mass is 420 g/mol. The third-order valence-corrected chi connectivity index (χ3v) is 5.95. The van der Waals surface area contributed by atoms with Crippen molar-refractivity contribution in [1.82, 2.24) is 14.9 Å². The van der Waals surface area contributed by atoms with Gasteiger partial charge in [-0.3, -0.25) is 9.59 Å². The molecular weight excluding hydrogens is 395 g/mol. The second-order valence-electron chi connectivity index (χ2n) is 8.02. The molecule has 0 radical (unpaired) electrons. The van der Waals surface area contributed by atoms with Crippen LogP contribution in [-0.2, 0) is 16.6 Å². The summed E-state index contributed by atoms with van der Waals surface area (Å²) in [6.45, 7) is 4.29. The van der Waals surface area contributed by atoms with Crippen LogP contribution >= 0.6 is 0 Å². The maximum atomic E-state index is 13.9. The van der Waals surface area contributed by atoms with E-state index < -0.39 is 12.0 Å². The molecule has 2 aromatic carbocycles. The molecule has 0 saturated carbocycles. The molecule has 0 bridgehead atoms. The molecule has 3 aromatic rings. The number of aryl methyl sites for hydroxylation is 2. The van der Waals surface area contributed by atoms with Crippen LogP contribution in [-0.4, -0.2) is 27.9 Å². The van der Waals surface area contributed by atoms with Crippen molar-refractivity contribution in [1.29, 1.82) is 0 Å². The van der Waals surface area contributed by atoms with Gasteiger partial charge in [0.1, 0.15) is 17.7 Å². The van der Waals surface area contributed by atoms with Crippen LogP contribution in [0.3, 0.4) is 0 Å². The van der Waals surface area contributed by atoms with Crippen molar-refractivity contribution in [2.24, 2.45) is 13.0 Å². The van der Waals surface area contributed by atoms with Gasteiger partial charge in [-0.2, -0.15) is 0 Å². The van der Waals surface area contributed by atoms with E-state index >= 15 is 0 Å². The summed E-state index contributed by atoms with van der Waals surface area (Å²) in [7, 11) is 1.82. The van der Waals surface area contributed by atoms with Crippen molar-refractivity contribution in [2.45, 2.75) is 26.3 Å². The number of nitrogens with zero attached hydrogens (tertiary/aromatic N) is 3. The first-order valence-electron chi connectivity index (χ1n) is 10.2. The van der Waals surface area contributed by atoms with Gasteiger partial charge in [0.2, 0.25) is 11.8 Å². The Hall–Kier alpha value is -3.48. The summed E-state index contributed by atoms with van der Waals surface area (Å²) in [4.78, 5) is 31.9. The van der Waals surface area contributed by atoms with E-state index in [0.717, 1.165) is 16.8 Å². The molecule has 0 spiro atoms. The van der Waals surface area contributed by atoms with E-state index in [2.05, 4.69) is 10.3 Å². The lowest BCUT2D eigenvalue weighted by molar-refractivity contribution is -0.126. The van der Waals surface area contributed by atoms with E-state index in [4.69, 9.17) is 0 Å². The minimum Gasteiger partial charge on any atom is -0.342 e. The molecule has 1 saturated heterocycles. The number of imidazole rings is 1. The fourth-order valence-corrected chi connectivity index (χ4v) is 4.04. The molecule has 1 fully saturated rings. The van der Waals surface area contributed by atoms with Gasteiger partial charge in [0.05, 0.1) is 5.92 Å². The number of nitrogens with one attached hydrogen (secondary N) is 1. The lowest BCUT2D eigenvalue weighted by atomic mass is 10.0. The van der Waals surface area contributed by atoms with Gasteiger partial charge in [-0.05, 0) is 48.7 Å². The Morgan fingerprint density at radius 2 is 2.00 bits per heavy atom. The molecule has 1 aliphatic heterocycles.